The zero-order valence-electron chi connectivity index (χ0n) is 20.7. The first-order chi connectivity index (χ1) is 19.0. The van der Waals surface area contributed by atoms with Crippen molar-refractivity contribution in [2.45, 2.75) is 26.3 Å². The van der Waals surface area contributed by atoms with Crippen molar-refractivity contribution in [1.29, 1.82) is 0 Å². The summed E-state index contributed by atoms with van der Waals surface area (Å²) in [6.45, 7) is 3.61. The second kappa shape index (κ2) is 10.6. The molecule has 0 bridgehead atoms. The Bertz CT molecular complexity index is 1580. The van der Waals surface area contributed by atoms with Crippen LogP contribution in [-0.2, 0) is 6.11 Å². The average Bonchev–Trinajstić information content (AvgIpc) is 2.84. The molecule has 4 aromatic rings. The van der Waals surface area contributed by atoms with Gasteiger partial charge in [-0.05, 0) is 78.1 Å². The molecule has 216 valence electrons. The maximum absolute atomic E-state index is 14.9. The van der Waals surface area contributed by atoms with E-state index in [2.05, 4.69) is 9.47 Å². The minimum atomic E-state index is -5.56. The van der Waals surface area contributed by atoms with E-state index in [-0.39, 0.29) is 29.8 Å². The Balaban J connectivity index is 1.67. The molecule has 4 aromatic carbocycles. The minimum absolute atomic E-state index is 0.110. The second-order valence-electron chi connectivity index (χ2n) is 8.82. The first-order valence-electron chi connectivity index (χ1n) is 11.3. The van der Waals surface area contributed by atoms with Crippen molar-refractivity contribution in [2.24, 2.45) is 0 Å². The molecule has 0 fully saturated rings. The first-order valence-corrected chi connectivity index (χ1v) is 11.3. The zero-order chi connectivity index (χ0) is 30.4. The maximum Gasteiger partial charge on any atom is 0.573 e. The zero-order valence-corrected chi connectivity index (χ0v) is 20.7. The quantitative estimate of drug-likeness (QED) is 0.208. The molecule has 0 aliphatic carbocycles. The normalized spacial score (nSPS) is 12.0. The highest BCUT2D eigenvalue weighted by molar-refractivity contribution is 5.73. The van der Waals surface area contributed by atoms with Crippen LogP contribution in [0.2, 0.25) is 0 Å². The van der Waals surface area contributed by atoms with Gasteiger partial charge in [-0.2, -0.15) is 8.78 Å². The lowest BCUT2D eigenvalue weighted by Crippen LogP contribution is -2.24. The predicted molar refractivity (Wildman–Crippen MR) is 124 cm³/mol. The highest BCUT2D eigenvalue weighted by atomic mass is 19.4. The van der Waals surface area contributed by atoms with Gasteiger partial charge in [0.15, 0.2) is 29.0 Å². The molecule has 0 aliphatic heterocycles. The van der Waals surface area contributed by atoms with Gasteiger partial charge in [0.1, 0.15) is 11.6 Å². The molecular formula is C28H15F11O2. The van der Waals surface area contributed by atoms with Crippen molar-refractivity contribution in [1.82, 2.24) is 0 Å². The summed E-state index contributed by atoms with van der Waals surface area (Å²) < 4.78 is 160. The van der Waals surface area contributed by atoms with Crippen molar-refractivity contribution >= 4 is 0 Å². The van der Waals surface area contributed by atoms with Crippen molar-refractivity contribution < 1.29 is 57.8 Å². The van der Waals surface area contributed by atoms with E-state index in [4.69, 9.17) is 0 Å². The van der Waals surface area contributed by atoms with Gasteiger partial charge in [-0.15, -0.1) is 13.2 Å². The van der Waals surface area contributed by atoms with Crippen LogP contribution in [0.15, 0.2) is 54.6 Å². The van der Waals surface area contributed by atoms with Crippen LogP contribution in [0.4, 0.5) is 48.3 Å². The van der Waals surface area contributed by atoms with E-state index in [0.717, 1.165) is 23.3 Å². The van der Waals surface area contributed by atoms with E-state index in [1.54, 1.807) is 25.1 Å². The number of alkyl halides is 5. The summed E-state index contributed by atoms with van der Waals surface area (Å²) in [4.78, 5) is 0. The summed E-state index contributed by atoms with van der Waals surface area (Å²) in [6.07, 6.45) is -10.5. The number of ether oxygens (including phenoxy) is 2. The highest BCUT2D eigenvalue weighted by Crippen LogP contribution is 2.40. The summed E-state index contributed by atoms with van der Waals surface area (Å²) in [5, 5.41) is 0. The van der Waals surface area contributed by atoms with E-state index in [0.29, 0.717) is 5.56 Å². The van der Waals surface area contributed by atoms with Crippen LogP contribution in [-0.4, -0.2) is 6.36 Å². The molecule has 0 unspecified atom stereocenters. The molecule has 0 saturated carbocycles. The van der Waals surface area contributed by atoms with Crippen LogP contribution in [0.5, 0.6) is 11.5 Å². The fourth-order valence-corrected chi connectivity index (χ4v) is 3.87. The maximum atomic E-state index is 14.9. The molecular weight excluding hydrogens is 577 g/mol. The number of hydrogen-bond donors (Lipinski definition) is 0. The van der Waals surface area contributed by atoms with Crippen LogP contribution in [0.25, 0.3) is 22.3 Å². The summed E-state index contributed by atoms with van der Waals surface area (Å²) >= 11 is 0. The largest absolute Gasteiger partial charge is 0.573 e. The topological polar surface area (TPSA) is 18.5 Å². The number of halogens is 11. The van der Waals surface area contributed by atoms with E-state index < -0.39 is 75.6 Å². The lowest BCUT2D eigenvalue weighted by Gasteiger charge is -2.20. The van der Waals surface area contributed by atoms with Gasteiger partial charge in [-0.1, -0.05) is 18.2 Å². The molecule has 0 spiro atoms. The molecule has 0 radical (unpaired) electrons. The Morgan fingerprint density at radius 1 is 0.488 bits per heavy atom. The van der Waals surface area contributed by atoms with Crippen molar-refractivity contribution in [3.63, 3.8) is 0 Å². The number of hydrogen-bond acceptors (Lipinski definition) is 2. The van der Waals surface area contributed by atoms with Crippen LogP contribution in [0.1, 0.15) is 16.7 Å². The number of rotatable bonds is 6. The molecule has 2 nitrogen and oxygen atoms in total. The third-order valence-corrected chi connectivity index (χ3v) is 5.95. The SMILES string of the molecule is Cc1ccc(-c2cc(F)c(-c3cc(F)c(OC(F)(F)c4cc(F)c(OC(F)(F)F)c(F)c4)c(F)c3)c(F)c2)cc1C. The standard InChI is InChI=1S/C28H15F11O2/c1-12-3-4-14(5-13(12)2)15-6-18(29)24(19(30)7-15)16-8-20(31)25(21(32)9-16)40-27(35,36)17-10-22(33)26(23(34)11-17)41-28(37,38)39/h3-11H,1-2H3. The van der Waals surface area contributed by atoms with Crippen LogP contribution >= 0.6 is 0 Å². The van der Waals surface area contributed by atoms with E-state index in [1.807, 2.05) is 6.92 Å². The molecule has 0 atom stereocenters. The molecule has 0 N–H and O–H groups in total. The second-order valence-corrected chi connectivity index (χ2v) is 8.82. The smallest absolute Gasteiger partial charge is 0.423 e. The van der Waals surface area contributed by atoms with E-state index in [1.165, 1.54) is 0 Å². The van der Waals surface area contributed by atoms with Gasteiger partial charge in [-0.25, -0.2) is 26.3 Å². The Morgan fingerprint density at radius 3 is 1.44 bits per heavy atom. The van der Waals surface area contributed by atoms with Crippen molar-refractivity contribution in [3.8, 4) is 33.8 Å². The highest BCUT2D eigenvalue weighted by Gasteiger charge is 2.40. The summed E-state index contributed by atoms with van der Waals surface area (Å²) in [7, 11) is 0. The third kappa shape index (κ3) is 6.23. The van der Waals surface area contributed by atoms with Crippen LogP contribution in [0, 0.1) is 48.8 Å². The predicted octanol–water partition coefficient (Wildman–Crippen LogP) is 9.50. The third-order valence-electron chi connectivity index (χ3n) is 5.95. The van der Waals surface area contributed by atoms with Gasteiger partial charge in [0.05, 0.1) is 11.1 Å². The van der Waals surface area contributed by atoms with Crippen molar-refractivity contribution in [3.05, 3.63) is 106 Å². The number of benzene rings is 4. The number of aryl methyl sites for hydroxylation is 2. The van der Waals surface area contributed by atoms with E-state index >= 15 is 0 Å². The Labute approximate surface area is 224 Å². The monoisotopic (exact) mass is 592 g/mol. The van der Waals surface area contributed by atoms with E-state index in [9.17, 15) is 48.3 Å². The minimum Gasteiger partial charge on any atom is -0.423 e. The average molecular weight is 592 g/mol. The molecule has 0 amide bonds. The Hall–Kier alpha value is -4.29. The Morgan fingerprint density at radius 2 is 0.951 bits per heavy atom. The molecule has 0 aromatic heterocycles. The molecule has 0 heterocycles. The fraction of sp³-hybridized carbons (Fsp3) is 0.143. The summed E-state index contributed by atoms with van der Waals surface area (Å²) in [6, 6.07) is 6.80. The molecule has 0 aliphatic rings. The van der Waals surface area contributed by atoms with Crippen LogP contribution < -0.4 is 9.47 Å². The lowest BCUT2D eigenvalue weighted by atomic mass is 9.96. The molecule has 0 saturated heterocycles. The van der Waals surface area contributed by atoms with Gasteiger partial charge in [0, 0.05) is 0 Å². The first kappa shape index (κ1) is 29.7. The van der Waals surface area contributed by atoms with Gasteiger partial charge < -0.3 is 9.47 Å². The lowest BCUT2D eigenvalue weighted by molar-refractivity contribution is -0.276. The van der Waals surface area contributed by atoms with Gasteiger partial charge >= 0.3 is 12.5 Å². The van der Waals surface area contributed by atoms with Crippen molar-refractivity contribution in [2.75, 3.05) is 0 Å². The van der Waals surface area contributed by atoms with Gasteiger partial charge in [0.2, 0.25) is 5.75 Å². The van der Waals surface area contributed by atoms with Gasteiger partial charge in [0.25, 0.3) is 0 Å². The van der Waals surface area contributed by atoms with Crippen LogP contribution in [0.3, 0.4) is 0 Å². The molecule has 13 heteroatoms. The fourth-order valence-electron chi connectivity index (χ4n) is 3.87. The van der Waals surface area contributed by atoms with Gasteiger partial charge in [-0.3, -0.25) is 0 Å². The Kier molecular flexibility index (Phi) is 7.67. The summed E-state index contributed by atoms with van der Waals surface area (Å²) in [5.41, 5.74) is -1.07. The summed E-state index contributed by atoms with van der Waals surface area (Å²) in [5.74, 6) is -14.5. The molecule has 4 rings (SSSR count). The molecule has 41 heavy (non-hydrogen) atoms.